The molecule has 5 nitrogen and oxygen atoms in total. The monoisotopic (exact) mass is 429 g/mol. The third-order valence-electron chi connectivity index (χ3n) is 5.45. The third-order valence-corrected chi connectivity index (χ3v) is 5.45. The van der Waals surface area contributed by atoms with Crippen molar-refractivity contribution in [3.8, 4) is 11.4 Å². The number of alkyl halides is 3. The van der Waals surface area contributed by atoms with E-state index in [0.717, 1.165) is 37.1 Å². The van der Waals surface area contributed by atoms with Crippen molar-refractivity contribution >= 4 is 11.6 Å². The van der Waals surface area contributed by atoms with Gasteiger partial charge in [-0.25, -0.2) is 0 Å². The largest absolute Gasteiger partial charge is 0.416 e. The maximum atomic E-state index is 12.7. The van der Waals surface area contributed by atoms with Crippen molar-refractivity contribution in [3.63, 3.8) is 0 Å². The highest BCUT2D eigenvalue weighted by Crippen LogP contribution is 2.33. The minimum absolute atomic E-state index is 0.0272. The number of halogens is 3. The van der Waals surface area contributed by atoms with Gasteiger partial charge in [-0.3, -0.25) is 4.79 Å². The SMILES string of the molecule is CCCCc1ccc(N2CC(c3nc(-c4ccc(C(F)(F)F)cc4)no3)CC2=O)cc1. The molecular weight excluding hydrogens is 407 g/mol. The Kier molecular flexibility index (Phi) is 5.80. The van der Waals surface area contributed by atoms with E-state index in [1.165, 1.54) is 17.7 Å². The Morgan fingerprint density at radius 3 is 2.45 bits per heavy atom. The molecule has 1 saturated heterocycles. The van der Waals surface area contributed by atoms with Gasteiger partial charge in [-0.05, 0) is 42.7 Å². The maximum absolute atomic E-state index is 12.7. The first-order valence-corrected chi connectivity index (χ1v) is 10.3. The maximum Gasteiger partial charge on any atom is 0.416 e. The van der Waals surface area contributed by atoms with Crippen LogP contribution in [0.2, 0.25) is 0 Å². The molecule has 1 amide bonds. The number of hydrogen-bond acceptors (Lipinski definition) is 4. The number of benzene rings is 2. The summed E-state index contributed by atoms with van der Waals surface area (Å²) in [6, 6.07) is 12.6. The lowest BCUT2D eigenvalue weighted by Crippen LogP contribution is -2.24. The third kappa shape index (κ3) is 4.62. The zero-order valence-corrected chi connectivity index (χ0v) is 17.0. The number of carbonyl (C=O) groups excluding carboxylic acids is 1. The summed E-state index contributed by atoms with van der Waals surface area (Å²) in [6.45, 7) is 2.57. The fourth-order valence-corrected chi connectivity index (χ4v) is 3.67. The van der Waals surface area contributed by atoms with Gasteiger partial charge in [0.05, 0.1) is 11.5 Å². The van der Waals surface area contributed by atoms with Crippen LogP contribution in [0.5, 0.6) is 0 Å². The molecule has 2 heterocycles. The first-order valence-electron chi connectivity index (χ1n) is 10.3. The van der Waals surface area contributed by atoms with Crippen molar-refractivity contribution < 1.29 is 22.5 Å². The van der Waals surface area contributed by atoms with Gasteiger partial charge in [0.25, 0.3) is 0 Å². The molecular formula is C23H22F3N3O2. The van der Waals surface area contributed by atoms with Crippen LogP contribution in [0.3, 0.4) is 0 Å². The molecule has 0 spiro atoms. The van der Waals surface area contributed by atoms with Crippen molar-refractivity contribution in [1.29, 1.82) is 0 Å². The van der Waals surface area contributed by atoms with E-state index < -0.39 is 11.7 Å². The number of aromatic nitrogens is 2. The predicted octanol–water partition coefficient (Wildman–Crippen LogP) is 5.62. The van der Waals surface area contributed by atoms with Gasteiger partial charge in [-0.1, -0.05) is 42.8 Å². The van der Waals surface area contributed by atoms with Crippen molar-refractivity contribution in [2.45, 2.75) is 44.7 Å². The van der Waals surface area contributed by atoms with Gasteiger partial charge in [-0.15, -0.1) is 0 Å². The molecule has 1 fully saturated rings. The van der Waals surface area contributed by atoms with Crippen LogP contribution in [0.4, 0.5) is 18.9 Å². The van der Waals surface area contributed by atoms with Crippen molar-refractivity contribution in [2.24, 2.45) is 0 Å². The number of hydrogen-bond donors (Lipinski definition) is 0. The Hall–Kier alpha value is -3.16. The van der Waals surface area contributed by atoms with E-state index in [2.05, 4.69) is 17.1 Å². The molecule has 1 aromatic heterocycles. The quantitative estimate of drug-likeness (QED) is 0.510. The molecule has 162 valence electrons. The molecule has 0 saturated carbocycles. The normalized spacial score (nSPS) is 16.8. The molecule has 8 heteroatoms. The van der Waals surface area contributed by atoms with Crippen LogP contribution in [0, 0.1) is 0 Å². The standard InChI is InChI=1S/C23H22F3N3O2/c1-2-3-4-15-5-11-19(12-6-15)29-14-17(13-20(29)30)22-27-21(28-31-22)16-7-9-18(10-8-16)23(24,25)26/h5-12,17H,2-4,13-14H2,1H3. The number of unbranched alkanes of at least 4 members (excludes halogenated alkanes) is 1. The second kappa shape index (κ2) is 8.53. The number of amides is 1. The fourth-order valence-electron chi connectivity index (χ4n) is 3.67. The molecule has 0 aliphatic carbocycles. The Labute approximate surface area is 177 Å². The van der Waals surface area contributed by atoms with Crippen LogP contribution in [-0.4, -0.2) is 22.6 Å². The minimum Gasteiger partial charge on any atom is -0.339 e. The molecule has 31 heavy (non-hydrogen) atoms. The van der Waals surface area contributed by atoms with E-state index in [-0.39, 0.29) is 24.1 Å². The highest BCUT2D eigenvalue weighted by Gasteiger charge is 2.35. The summed E-state index contributed by atoms with van der Waals surface area (Å²) in [5, 5.41) is 3.89. The molecule has 1 unspecified atom stereocenters. The lowest BCUT2D eigenvalue weighted by Gasteiger charge is -2.16. The van der Waals surface area contributed by atoms with Gasteiger partial charge < -0.3 is 9.42 Å². The number of anilines is 1. The van der Waals surface area contributed by atoms with Crippen LogP contribution in [-0.2, 0) is 17.4 Å². The Morgan fingerprint density at radius 2 is 1.81 bits per heavy atom. The Bertz CT molecular complexity index is 1040. The Balaban J connectivity index is 1.46. The lowest BCUT2D eigenvalue weighted by atomic mass is 10.1. The minimum atomic E-state index is -4.40. The van der Waals surface area contributed by atoms with Crippen molar-refractivity contribution in [2.75, 3.05) is 11.4 Å². The number of rotatable bonds is 6. The van der Waals surface area contributed by atoms with E-state index >= 15 is 0 Å². The summed E-state index contributed by atoms with van der Waals surface area (Å²) < 4.78 is 43.5. The second-order valence-corrected chi connectivity index (χ2v) is 7.71. The van der Waals surface area contributed by atoms with Crippen LogP contribution in [0.25, 0.3) is 11.4 Å². The van der Waals surface area contributed by atoms with E-state index in [4.69, 9.17) is 4.52 Å². The summed E-state index contributed by atoms with van der Waals surface area (Å²) in [5.41, 5.74) is 1.76. The van der Waals surface area contributed by atoms with Gasteiger partial charge in [0, 0.05) is 24.2 Å². The zero-order valence-electron chi connectivity index (χ0n) is 17.0. The molecule has 4 rings (SSSR count). The summed E-state index contributed by atoms with van der Waals surface area (Å²) in [6.07, 6.45) is -0.883. The average Bonchev–Trinajstić information content (AvgIpc) is 3.39. The molecule has 0 radical (unpaired) electrons. The van der Waals surface area contributed by atoms with Gasteiger partial charge in [0.2, 0.25) is 17.6 Å². The predicted molar refractivity (Wildman–Crippen MR) is 110 cm³/mol. The smallest absolute Gasteiger partial charge is 0.339 e. The molecule has 0 bridgehead atoms. The van der Waals surface area contributed by atoms with Crippen LogP contribution >= 0.6 is 0 Å². The zero-order chi connectivity index (χ0) is 22.0. The number of carbonyl (C=O) groups is 1. The molecule has 1 atom stereocenters. The van der Waals surface area contributed by atoms with Crippen LogP contribution < -0.4 is 4.90 Å². The molecule has 1 aliphatic rings. The number of nitrogens with zero attached hydrogens (tertiary/aromatic N) is 3. The summed E-state index contributed by atoms with van der Waals surface area (Å²) in [5.74, 6) is 0.226. The van der Waals surface area contributed by atoms with E-state index in [9.17, 15) is 18.0 Å². The summed E-state index contributed by atoms with van der Waals surface area (Å²) in [7, 11) is 0. The summed E-state index contributed by atoms with van der Waals surface area (Å²) >= 11 is 0. The summed E-state index contributed by atoms with van der Waals surface area (Å²) in [4.78, 5) is 18.6. The molecule has 3 aromatic rings. The van der Waals surface area contributed by atoms with E-state index in [1.807, 2.05) is 24.3 Å². The fraction of sp³-hybridized carbons (Fsp3) is 0.348. The highest BCUT2D eigenvalue weighted by molar-refractivity contribution is 5.96. The van der Waals surface area contributed by atoms with Crippen molar-refractivity contribution in [1.82, 2.24) is 10.1 Å². The Morgan fingerprint density at radius 1 is 1.10 bits per heavy atom. The molecule has 1 aliphatic heterocycles. The number of aryl methyl sites for hydroxylation is 1. The highest BCUT2D eigenvalue weighted by atomic mass is 19.4. The lowest BCUT2D eigenvalue weighted by molar-refractivity contribution is -0.137. The molecule has 2 aromatic carbocycles. The first-order chi connectivity index (χ1) is 14.8. The molecule has 0 N–H and O–H groups in total. The van der Waals surface area contributed by atoms with Crippen molar-refractivity contribution in [3.05, 3.63) is 65.5 Å². The average molecular weight is 429 g/mol. The van der Waals surface area contributed by atoms with Gasteiger partial charge in [-0.2, -0.15) is 18.2 Å². The van der Waals surface area contributed by atoms with Gasteiger partial charge in [0.1, 0.15) is 0 Å². The van der Waals surface area contributed by atoms with Crippen LogP contribution in [0.1, 0.15) is 49.1 Å². The van der Waals surface area contributed by atoms with E-state index in [0.29, 0.717) is 18.0 Å². The second-order valence-electron chi connectivity index (χ2n) is 7.71. The first kappa shape index (κ1) is 21.1. The van der Waals surface area contributed by atoms with E-state index in [1.54, 1.807) is 4.90 Å². The van der Waals surface area contributed by atoms with Gasteiger partial charge in [0.15, 0.2) is 0 Å². The van der Waals surface area contributed by atoms with Crippen LogP contribution in [0.15, 0.2) is 53.1 Å². The topological polar surface area (TPSA) is 59.2 Å². The van der Waals surface area contributed by atoms with Gasteiger partial charge >= 0.3 is 6.18 Å².